The minimum Gasteiger partial charge on any atom is -0.459 e. The van der Waals surface area contributed by atoms with Gasteiger partial charge in [-0.05, 0) is 45.0 Å². The van der Waals surface area contributed by atoms with E-state index in [4.69, 9.17) is 8.83 Å². The van der Waals surface area contributed by atoms with Crippen LogP contribution in [0.4, 0.5) is 0 Å². The molecule has 1 aliphatic heterocycles. The number of nitrogens with zero attached hydrogens (tertiary/aromatic N) is 2. The highest BCUT2D eigenvalue weighted by Gasteiger charge is 2.27. The highest BCUT2D eigenvalue weighted by Crippen LogP contribution is 2.23. The van der Waals surface area contributed by atoms with E-state index in [0.717, 1.165) is 26.1 Å². The summed E-state index contributed by atoms with van der Waals surface area (Å²) in [5, 5.41) is 3.17. The van der Waals surface area contributed by atoms with Gasteiger partial charge in [0.25, 0.3) is 5.89 Å². The topological polar surface area (TPSA) is 71.5 Å². The van der Waals surface area contributed by atoms with Crippen molar-refractivity contribution < 1.29 is 13.6 Å². The zero-order chi connectivity index (χ0) is 15.5. The van der Waals surface area contributed by atoms with E-state index in [1.54, 1.807) is 18.4 Å². The minimum atomic E-state index is 0. The number of hydrogen-bond acceptors (Lipinski definition) is 5. The summed E-state index contributed by atoms with van der Waals surface area (Å²) in [6, 6.07) is 3.57. The van der Waals surface area contributed by atoms with Crippen molar-refractivity contribution in [1.82, 2.24) is 15.2 Å². The molecular weight excluding hydrogens is 353 g/mol. The van der Waals surface area contributed by atoms with Crippen LogP contribution < -0.4 is 5.32 Å². The fourth-order valence-electron chi connectivity index (χ4n) is 2.87. The van der Waals surface area contributed by atoms with E-state index in [0.29, 0.717) is 29.0 Å². The van der Waals surface area contributed by atoms with Crippen molar-refractivity contribution in [3.05, 3.63) is 29.9 Å². The van der Waals surface area contributed by atoms with E-state index < -0.39 is 0 Å². The molecule has 0 saturated carbocycles. The molecule has 3 rings (SSSR count). The van der Waals surface area contributed by atoms with Crippen molar-refractivity contribution in [2.45, 2.75) is 19.8 Å². The zero-order valence-electron chi connectivity index (χ0n) is 13.8. The predicted molar refractivity (Wildman–Crippen MR) is 95.8 cm³/mol. The molecule has 0 aliphatic carbocycles. The third-order valence-electron chi connectivity index (χ3n) is 4.07. The average Bonchev–Trinajstić information content (AvgIpc) is 3.21. The molecule has 2 aromatic heterocycles. The standard InChI is InChI=1S/C16H21N3O3.2ClH/c1-11-13(18-16(22-11)14-4-3-7-21-14)8-15(20)19-6-5-12(10-19)9-17-2;;/h3-4,7,12,17H,5-6,8-10H2,1-2H3;2*1H. The first-order chi connectivity index (χ1) is 10.7. The second kappa shape index (κ2) is 9.11. The number of oxazole rings is 1. The molecule has 1 unspecified atom stereocenters. The molecule has 1 fully saturated rings. The number of halogens is 2. The summed E-state index contributed by atoms with van der Waals surface area (Å²) in [6.07, 6.45) is 2.91. The molecular formula is C16H23Cl2N3O3. The van der Waals surface area contributed by atoms with Gasteiger partial charge in [0.05, 0.1) is 18.4 Å². The Labute approximate surface area is 153 Å². The quantitative estimate of drug-likeness (QED) is 0.869. The average molecular weight is 376 g/mol. The van der Waals surface area contributed by atoms with Crippen molar-refractivity contribution in [2.75, 3.05) is 26.7 Å². The van der Waals surface area contributed by atoms with Crippen LogP contribution in [0.25, 0.3) is 11.7 Å². The lowest BCUT2D eigenvalue weighted by Gasteiger charge is -2.16. The van der Waals surface area contributed by atoms with E-state index in [-0.39, 0.29) is 37.1 Å². The monoisotopic (exact) mass is 375 g/mol. The molecule has 1 atom stereocenters. The molecule has 2 aromatic rings. The third-order valence-corrected chi connectivity index (χ3v) is 4.07. The first-order valence-corrected chi connectivity index (χ1v) is 7.60. The number of carbonyl (C=O) groups excluding carboxylic acids is 1. The molecule has 1 N–H and O–H groups in total. The van der Waals surface area contributed by atoms with Crippen LogP contribution in [0.2, 0.25) is 0 Å². The number of amides is 1. The summed E-state index contributed by atoms with van der Waals surface area (Å²) in [6.45, 7) is 4.43. The van der Waals surface area contributed by atoms with Gasteiger partial charge in [-0.2, -0.15) is 0 Å². The summed E-state index contributed by atoms with van der Waals surface area (Å²) in [5.74, 6) is 2.34. The Morgan fingerprint density at radius 3 is 2.92 bits per heavy atom. The molecule has 1 saturated heterocycles. The normalized spacial score (nSPS) is 16.6. The fourth-order valence-corrected chi connectivity index (χ4v) is 2.87. The number of carbonyl (C=O) groups is 1. The highest BCUT2D eigenvalue weighted by molar-refractivity contribution is 5.85. The number of furan rings is 1. The smallest absolute Gasteiger partial charge is 0.263 e. The Morgan fingerprint density at radius 1 is 1.46 bits per heavy atom. The fraction of sp³-hybridized carbons (Fsp3) is 0.500. The zero-order valence-corrected chi connectivity index (χ0v) is 15.4. The van der Waals surface area contributed by atoms with Gasteiger partial charge < -0.3 is 19.1 Å². The minimum absolute atomic E-state index is 0. The van der Waals surface area contributed by atoms with Gasteiger partial charge in [0.15, 0.2) is 5.76 Å². The molecule has 3 heterocycles. The van der Waals surface area contributed by atoms with Crippen LogP contribution >= 0.6 is 24.8 Å². The van der Waals surface area contributed by atoms with Gasteiger partial charge in [0.1, 0.15) is 5.76 Å². The number of rotatable bonds is 5. The summed E-state index contributed by atoms with van der Waals surface area (Å²) >= 11 is 0. The molecule has 0 radical (unpaired) electrons. The van der Waals surface area contributed by atoms with Crippen molar-refractivity contribution in [2.24, 2.45) is 5.92 Å². The lowest BCUT2D eigenvalue weighted by molar-refractivity contribution is -0.129. The maximum Gasteiger partial charge on any atom is 0.263 e. The lowest BCUT2D eigenvalue weighted by atomic mass is 10.1. The van der Waals surface area contributed by atoms with Crippen LogP contribution in [0.5, 0.6) is 0 Å². The van der Waals surface area contributed by atoms with Crippen molar-refractivity contribution >= 4 is 30.7 Å². The van der Waals surface area contributed by atoms with E-state index in [1.807, 2.05) is 18.9 Å². The summed E-state index contributed by atoms with van der Waals surface area (Å²) in [7, 11) is 1.94. The number of likely N-dealkylation sites (tertiary alicyclic amines) is 1. The van der Waals surface area contributed by atoms with Crippen LogP contribution in [-0.4, -0.2) is 42.5 Å². The second-order valence-electron chi connectivity index (χ2n) is 5.73. The maximum atomic E-state index is 12.4. The van der Waals surface area contributed by atoms with Crippen molar-refractivity contribution in [3.8, 4) is 11.7 Å². The Balaban J connectivity index is 0.00000144. The van der Waals surface area contributed by atoms with Gasteiger partial charge in [0.2, 0.25) is 5.91 Å². The van der Waals surface area contributed by atoms with Gasteiger partial charge in [-0.25, -0.2) is 4.98 Å². The first kappa shape index (κ1) is 20.5. The number of hydrogen-bond donors (Lipinski definition) is 1. The SMILES string of the molecule is CNCC1CCN(C(=O)Cc2nc(-c3ccco3)oc2C)C1.Cl.Cl. The Morgan fingerprint density at radius 2 is 2.25 bits per heavy atom. The van der Waals surface area contributed by atoms with Crippen LogP contribution in [0.3, 0.4) is 0 Å². The van der Waals surface area contributed by atoms with Gasteiger partial charge >= 0.3 is 0 Å². The van der Waals surface area contributed by atoms with E-state index in [9.17, 15) is 4.79 Å². The van der Waals surface area contributed by atoms with E-state index in [2.05, 4.69) is 10.3 Å². The van der Waals surface area contributed by atoms with Gasteiger partial charge in [-0.1, -0.05) is 0 Å². The number of aryl methyl sites for hydroxylation is 1. The molecule has 1 aliphatic rings. The Hall–Kier alpha value is -1.50. The second-order valence-corrected chi connectivity index (χ2v) is 5.73. The molecule has 8 heteroatoms. The van der Waals surface area contributed by atoms with Gasteiger partial charge in [-0.15, -0.1) is 24.8 Å². The summed E-state index contributed by atoms with van der Waals surface area (Å²) in [5.41, 5.74) is 0.688. The van der Waals surface area contributed by atoms with Crippen molar-refractivity contribution in [3.63, 3.8) is 0 Å². The molecule has 6 nitrogen and oxygen atoms in total. The van der Waals surface area contributed by atoms with Crippen LogP contribution in [0.1, 0.15) is 17.9 Å². The molecule has 0 aromatic carbocycles. The van der Waals surface area contributed by atoms with E-state index in [1.165, 1.54) is 0 Å². The van der Waals surface area contributed by atoms with Crippen LogP contribution in [0, 0.1) is 12.8 Å². The maximum absolute atomic E-state index is 12.4. The Bertz CT molecular complexity index is 643. The lowest BCUT2D eigenvalue weighted by Crippen LogP contribution is -2.31. The molecule has 24 heavy (non-hydrogen) atoms. The summed E-state index contributed by atoms with van der Waals surface area (Å²) in [4.78, 5) is 18.7. The molecule has 134 valence electrons. The molecule has 0 spiro atoms. The largest absolute Gasteiger partial charge is 0.459 e. The predicted octanol–water partition coefficient (Wildman–Crippen LogP) is 2.70. The number of nitrogens with one attached hydrogen (secondary N) is 1. The third kappa shape index (κ3) is 4.53. The molecule has 0 bridgehead atoms. The van der Waals surface area contributed by atoms with Crippen molar-refractivity contribution in [1.29, 1.82) is 0 Å². The summed E-state index contributed by atoms with van der Waals surface area (Å²) < 4.78 is 10.9. The molecule has 1 amide bonds. The number of aromatic nitrogens is 1. The van der Waals surface area contributed by atoms with Crippen LogP contribution in [-0.2, 0) is 11.2 Å². The first-order valence-electron chi connectivity index (χ1n) is 7.60. The van der Waals surface area contributed by atoms with Gasteiger partial charge in [-0.3, -0.25) is 4.79 Å². The van der Waals surface area contributed by atoms with E-state index >= 15 is 0 Å². The van der Waals surface area contributed by atoms with Crippen LogP contribution in [0.15, 0.2) is 27.2 Å². The highest BCUT2D eigenvalue weighted by atomic mass is 35.5. The Kier molecular flexibility index (Phi) is 7.79. The van der Waals surface area contributed by atoms with Gasteiger partial charge in [0, 0.05) is 13.1 Å².